The van der Waals surface area contributed by atoms with Crippen molar-refractivity contribution in [2.24, 2.45) is 11.8 Å². The van der Waals surface area contributed by atoms with Gasteiger partial charge in [-0.15, -0.1) is 0 Å². The quantitative estimate of drug-likeness (QED) is 0.581. The number of amides is 3. The molecule has 2 aliphatic carbocycles. The van der Waals surface area contributed by atoms with Gasteiger partial charge in [0.2, 0.25) is 5.91 Å². The molecule has 10 nitrogen and oxygen atoms in total. The van der Waals surface area contributed by atoms with E-state index in [0.29, 0.717) is 23.4 Å². The highest BCUT2D eigenvalue weighted by atomic mass is 16.3. The Morgan fingerprint density at radius 1 is 1.00 bits per heavy atom. The van der Waals surface area contributed by atoms with Crippen molar-refractivity contribution < 1.29 is 14.7 Å². The van der Waals surface area contributed by atoms with Crippen molar-refractivity contribution in [1.82, 2.24) is 30.1 Å². The zero-order valence-corrected chi connectivity index (χ0v) is 20.2. The first-order valence-corrected chi connectivity index (χ1v) is 13.1. The van der Waals surface area contributed by atoms with Gasteiger partial charge in [0, 0.05) is 60.7 Å². The third-order valence-corrected chi connectivity index (χ3v) is 8.58. The number of urea groups is 1. The van der Waals surface area contributed by atoms with Crippen molar-refractivity contribution in [3.8, 4) is 11.1 Å². The molecule has 36 heavy (non-hydrogen) atoms. The Hall–Kier alpha value is -3.27. The molecule has 0 unspecified atom stereocenters. The Kier molecular flexibility index (Phi) is 5.99. The lowest BCUT2D eigenvalue weighted by atomic mass is 9.87. The van der Waals surface area contributed by atoms with Crippen LogP contribution in [0.3, 0.4) is 0 Å². The standard InChI is InChI=1S/C26H32N6O4/c33-13-20-19-12-31-21(9-8-18(25(31)35)15-10-27-14-28-11-15)22(19)32(26(36)30-17-4-1-2-5-17)23(20)24(34)29-16-6-3-7-16/h8-11,14,16-17,19-20,22-23,33H,1-7,12-13H2,(H,29,34)(H,30,36)/t19-,20-,22+,23-/m0/s1. The van der Waals surface area contributed by atoms with Gasteiger partial charge in [-0.05, 0) is 44.2 Å². The molecule has 2 aromatic rings. The van der Waals surface area contributed by atoms with Crippen molar-refractivity contribution in [2.75, 3.05) is 6.61 Å². The highest BCUT2D eigenvalue weighted by molar-refractivity contribution is 5.89. The van der Waals surface area contributed by atoms with Crippen LogP contribution in [0, 0.1) is 11.8 Å². The second kappa shape index (κ2) is 9.31. The van der Waals surface area contributed by atoms with Crippen LogP contribution in [-0.4, -0.2) is 61.2 Å². The number of nitrogens with one attached hydrogen (secondary N) is 2. The highest BCUT2D eigenvalue weighted by Crippen LogP contribution is 2.49. The number of aliphatic hydroxyl groups excluding tert-OH is 1. The van der Waals surface area contributed by atoms with Gasteiger partial charge < -0.3 is 25.2 Å². The van der Waals surface area contributed by atoms with E-state index in [1.54, 1.807) is 27.9 Å². The Morgan fingerprint density at radius 3 is 2.36 bits per heavy atom. The Balaban J connectivity index is 1.38. The number of pyridine rings is 1. The number of likely N-dealkylation sites (tertiary alicyclic amines) is 1. The summed E-state index contributed by atoms with van der Waals surface area (Å²) >= 11 is 0. The molecule has 2 aliphatic heterocycles. The molecule has 4 atom stereocenters. The average molecular weight is 493 g/mol. The molecule has 3 N–H and O–H groups in total. The van der Waals surface area contributed by atoms with Crippen molar-refractivity contribution in [3.63, 3.8) is 0 Å². The van der Waals surface area contributed by atoms with Gasteiger partial charge in [-0.1, -0.05) is 12.8 Å². The second-order valence-corrected chi connectivity index (χ2v) is 10.6. The summed E-state index contributed by atoms with van der Waals surface area (Å²) in [5.41, 5.74) is 1.63. The minimum atomic E-state index is -0.780. The maximum Gasteiger partial charge on any atom is 0.318 e. The predicted octanol–water partition coefficient (Wildman–Crippen LogP) is 1.59. The summed E-state index contributed by atoms with van der Waals surface area (Å²) in [5, 5.41) is 16.7. The van der Waals surface area contributed by atoms with Gasteiger partial charge in [0.1, 0.15) is 12.4 Å². The largest absolute Gasteiger partial charge is 0.396 e. The summed E-state index contributed by atoms with van der Waals surface area (Å²) in [6.07, 6.45) is 11.6. The number of rotatable bonds is 5. The van der Waals surface area contributed by atoms with Crippen LogP contribution in [0.5, 0.6) is 0 Å². The molecule has 0 radical (unpaired) electrons. The molecule has 2 aromatic heterocycles. The van der Waals surface area contributed by atoms with E-state index in [-0.39, 0.29) is 42.1 Å². The van der Waals surface area contributed by atoms with Gasteiger partial charge in [0.15, 0.2) is 0 Å². The second-order valence-electron chi connectivity index (χ2n) is 10.6. The Labute approximate surface area is 209 Å². The highest BCUT2D eigenvalue weighted by Gasteiger charge is 2.57. The van der Waals surface area contributed by atoms with E-state index in [0.717, 1.165) is 44.9 Å². The van der Waals surface area contributed by atoms with Crippen LogP contribution in [0.2, 0.25) is 0 Å². The minimum Gasteiger partial charge on any atom is -0.396 e. The van der Waals surface area contributed by atoms with Gasteiger partial charge >= 0.3 is 6.03 Å². The number of nitrogens with zero attached hydrogens (tertiary/aromatic N) is 4. The van der Waals surface area contributed by atoms with Crippen molar-refractivity contribution in [1.29, 1.82) is 0 Å². The van der Waals surface area contributed by atoms with Crippen molar-refractivity contribution in [3.05, 3.63) is 46.9 Å². The molecule has 0 aromatic carbocycles. The molecule has 3 amide bonds. The maximum absolute atomic E-state index is 13.7. The fourth-order valence-electron chi connectivity index (χ4n) is 6.53. The summed E-state index contributed by atoms with van der Waals surface area (Å²) in [6.45, 7) is 0.102. The fourth-order valence-corrected chi connectivity index (χ4v) is 6.53. The van der Waals surface area contributed by atoms with E-state index in [4.69, 9.17) is 0 Å². The third kappa shape index (κ3) is 3.78. The number of hydrogen-bond acceptors (Lipinski definition) is 6. The first kappa shape index (κ1) is 23.1. The van der Waals surface area contributed by atoms with Crippen LogP contribution in [-0.2, 0) is 11.3 Å². The summed E-state index contributed by atoms with van der Waals surface area (Å²) in [5.74, 6) is -0.912. The van der Waals surface area contributed by atoms with Crippen molar-refractivity contribution in [2.45, 2.75) is 75.7 Å². The van der Waals surface area contributed by atoms with Gasteiger partial charge in [-0.25, -0.2) is 14.8 Å². The van der Waals surface area contributed by atoms with E-state index in [9.17, 15) is 19.5 Å². The zero-order valence-electron chi connectivity index (χ0n) is 20.2. The summed E-state index contributed by atoms with van der Waals surface area (Å²) in [7, 11) is 0. The van der Waals surface area contributed by atoms with E-state index in [1.807, 2.05) is 6.07 Å². The van der Waals surface area contributed by atoms with E-state index in [2.05, 4.69) is 20.6 Å². The minimum absolute atomic E-state index is 0.0866. The molecular weight excluding hydrogens is 460 g/mol. The van der Waals surface area contributed by atoms with E-state index >= 15 is 0 Å². The molecule has 0 bridgehead atoms. The maximum atomic E-state index is 13.7. The van der Waals surface area contributed by atoms with E-state index in [1.165, 1.54) is 6.33 Å². The number of aromatic nitrogens is 3. The summed E-state index contributed by atoms with van der Waals surface area (Å²) in [6, 6.07) is 2.30. The normalized spacial score (nSPS) is 27.4. The van der Waals surface area contributed by atoms with Crippen LogP contribution in [0.1, 0.15) is 56.7 Å². The molecule has 2 saturated carbocycles. The molecule has 10 heteroatoms. The monoisotopic (exact) mass is 492 g/mol. The summed E-state index contributed by atoms with van der Waals surface area (Å²) in [4.78, 5) is 50.4. The first-order chi connectivity index (χ1) is 17.6. The number of aliphatic hydroxyl groups is 1. The Bertz CT molecular complexity index is 1210. The van der Waals surface area contributed by atoms with Crippen LogP contribution < -0.4 is 16.2 Å². The number of fused-ring (bicyclic) bond motifs is 3. The predicted molar refractivity (Wildman–Crippen MR) is 131 cm³/mol. The first-order valence-electron chi connectivity index (χ1n) is 13.1. The van der Waals surface area contributed by atoms with Crippen LogP contribution >= 0.6 is 0 Å². The molecule has 190 valence electrons. The van der Waals surface area contributed by atoms with Crippen LogP contribution in [0.15, 0.2) is 35.6 Å². The lowest BCUT2D eigenvalue weighted by Crippen LogP contribution is -2.56. The van der Waals surface area contributed by atoms with Crippen molar-refractivity contribution >= 4 is 11.9 Å². The molecule has 1 saturated heterocycles. The molecule has 3 fully saturated rings. The smallest absolute Gasteiger partial charge is 0.318 e. The molecule has 0 spiro atoms. The molecule has 4 aliphatic rings. The number of hydrogen-bond donors (Lipinski definition) is 3. The molecular formula is C26H32N6O4. The van der Waals surface area contributed by atoms with Crippen LogP contribution in [0.4, 0.5) is 4.79 Å². The van der Waals surface area contributed by atoms with Crippen LogP contribution in [0.25, 0.3) is 11.1 Å². The lowest BCUT2D eigenvalue weighted by Gasteiger charge is -2.34. The van der Waals surface area contributed by atoms with Gasteiger partial charge in [0.05, 0.1) is 11.6 Å². The van der Waals surface area contributed by atoms with Gasteiger partial charge in [-0.3, -0.25) is 9.59 Å². The number of carbonyl (C=O) groups is 2. The number of carbonyl (C=O) groups excluding carboxylic acids is 2. The Morgan fingerprint density at radius 2 is 1.69 bits per heavy atom. The molecule has 4 heterocycles. The fraction of sp³-hybridized carbons (Fsp3) is 0.577. The van der Waals surface area contributed by atoms with Gasteiger partial charge in [-0.2, -0.15) is 0 Å². The third-order valence-electron chi connectivity index (χ3n) is 8.58. The van der Waals surface area contributed by atoms with Gasteiger partial charge in [0.25, 0.3) is 5.56 Å². The average Bonchev–Trinajstić information content (AvgIpc) is 3.57. The molecule has 6 rings (SSSR count). The zero-order chi connectivity index (χ0) is 24.8. The summed E-state index contributed by atoms with van der Waals surface area (Å²) < 4.78 is 1.69. The van der Waals surface area contributed by atoms with E-state index < -0.39 is 18.0 Å². The lowest BCUT2D eigenvalue weighted by molar-refractivity contribution is -0.128. The SMILES string of the molecule is O=C(NC1CCC1)[C@@H]1[C@@H](CO)[C@@H]2Cn3c(ccc(-c4cncnc4)c3=O)[C@@H]2N1C(=O)NC1CCCC1. The topological polar surface area (TPSA) is 129 Å².